The topological polar surface area (TPSA) is 125 Å². The van der Waals surface area contributed by atoms with Gasteiger partial charge in [0.15, 0.2) is 0 Å². The minimum absolute atomic E-state index is 0.215. The van der Waals surface area contributed by atoms with E-state index in [1.54, 1.807) is 0 Å². The van der Waals surface area contributed by atoms with Gasteiger partial charge in [0, 0.05) is 6.92 Å². The Morgan fingerprint density at radius 1 is 1.10 bits per heavy atom. The number of aliphatic carboxylic acids is 1. The second-order valence-electron chi connectivity index (χ2n) is 4.82. The van der Waals surface area contributed by atoms with Gasteiger partial charge in [-0.05, 0) is 12.3 Å². The van der Waals surface area contributed by atoms with Crippen molar-refractivity contribution in [3.05, 3.63) is 0 Å². The zero-order chi connectivity index (χ0) is 15.1. The molecule has 0 spiro atoms. The van der Waals surface area contributed by atoms with Gasteiger partial charge < -0.3 is 21.1 Å². The molecule has 0 aromatic heterocycles. The number of amides is 3. The van der Waals surface area contributed by atoms with Crippen molar-refractivity contribution in [3.8, 4) is 0 Å². The van der Waals surface area contributed by atoms with Crippen molar-refractivity contribution in [2.45, 2.75) is 32.2 Å². The number of rotatable bonds is 8. The number of carbonyl (C=O) groups is 4. The number of carbonyl (C=O) groups excluding carboxylic acids is 3. The molecule has 1 atom stereocenters. The summed E-state index contributed by atoms with van der Waals surface area (Å²) >= 11 is 0. The molecule has 8 nitrogen and oxygen atoms in total. The standard InChI is InChI=1S/C12H19N3O5/c1-7(16)13-5-10(17)14-6-11(18)15-9(12(19)20)4-8-2-3-8/h8-9H,2-6H2,1H3,(H,13,16)(H,14,17)(H,15,18)(H,19,20). The lowest BCUT2D eigenvalue weighted by Crippen LogP contribution is -2.47. The summed E-state index contributed by atoms with van der Waals surface area (Å²) in [6.07, 6.45) is 2.40. The summed E-state index contributed by atoms with van der Waals surface area (Å²) in [5.74, 6) is -2.13. The Morgan fingerprint density at radius 3 is 2.20 bits per heavy atom. The number of carboxylic acids is 1. The lowest BCUT2D eigenvalue weighted by Gasteiger charge is -2.14. The summed E-state index contributed by atoms with van der Waals surface area (Å²) < 4.78 is 0. The van der Waals surface area contributed by atoms with Crippen LogP contribution in [0.1, 0.15) is 26.2 Å². The van der Waals surface area contributed by atoms with Crippen LogP contribution in [0.3, 0.4) is 0 Å². The van der Waals surface area contributed by atoms with Crippen LogP contribution in [-0.2, 0) is 19.2 Å². The van der Waals surface area contributed by atoms with Crippen LogP contribution in [0.15, 0.2) is 0 Å². The van der Waals surface area contributed by atoms with Gasteiger partial charge in [0.05, 0.1) is 13.1 Å². The first kappa shape index (κ1) is 15.9. The van der Waals surface area contributed by atoms with Crippen molar-refractivity contribution in [2.24, 2.45) is 5.92 Å². The maximum Gasteiger partial charge on any atom is 0.326 e. The second kappa shape index (κ2) is 7.46. The highest BCUT2D eigenvalue weighted by molar-refractivity contribution is 5.89. The highest BCUT2D eigenvalue weighted by Crippen LogP contribution is 2.33. The molecule has 0 aliphatic heterocycles. The van der Waals surface area contributed by atoms with Gasteiger partial charge in [-0.2, -0.15) is 0 Å². The van der Waals surface area contributed by atoms with Gasteiger partial charge in [0.2, 0.25) is 17.7 Å². The number of nitrogens with one attached hydrogen (secondary N) is 3. The molecule has 0 aromatic rings. The van der Waals surface area contributed by atoms with Crippen molar-refractivity contribution >= 4 is 23.7 Å². The largest absolute Gasteiger partial charge is 0.480 e. The van der Waals surface area contributed by atoms with Crippen LogP contribution in [0.25, 0.3) is 0 Å². The van der Waals surface area contributed by atoms with Gasteiger partial charge >= 0.3 is 5.97 Å². The molecular weight excluding hydrogens is 266 g/mol. The first-order chi connectivity index (χ1) is 9.38. The Hall–Kier alpha value is -2.12. The Labute approximate surface area is 116 Å². The maximum absolute atomic E-state index is 11.5. The molecule has 0 saturated heterocycles. The van der Waals surface area contributed by atoms with Gasteiger partial charge in [-0.25, -0.2) is 4.79 Å². The van der Waals surface area contributed by atoms with Gasteiger partial charge in [0.1, 0.15) is 6.04 Å². The van der Waals surface area contributed by atoms with Crippen LogP contribution in [0.5, 0.6) is 0 Å². The van der Waals surface area contributed by atoms with E-state index >= 15 is 0 Å². The van der Waals surface area contributed by atoms with Crippen molar-refractivity contribution in [1.82, 2.24) is 16.0 Å². The minimum Gasteiger partial charge on any atom is -0.480 e. The SMILES string of the molecule is CC(=O)NCC(=O)NCC(=O)NC(CC1CC1)C(=O)O. The third-order valence-electron chi connectivity index (χ3n) is 2.84. The molecule has 4 N–H and O–H groups in total. The molecule has 1 unspecified atom stereocenters. The highest BCUT2D eigenvalue weighted by Gasteiger charge is 2.30. The fourth-order valence-corrected chi connectivity index (χ4v) is 1.60. The van der Waals surface area contributed by atoms with E-state index in [0.717, 1.165) is 12.8 Å². The third kappa shape index (κ3) is 6.72. The average molecular weight is 285 g/mol. The van der Waals surface area contributed by atoms with E-state index < -0.39 is 23.8 Å². The van der Waals surface area contributed by atoms with Crippen LogP contribution in [0.4, 0.5) is 0 Å². The number of carboxylic acid groups (broad SMARTS) is 1. The predicted molar refractivity (Wildman–Crippen MR) is 68.6 cm³/mol. The monoisotopic (exact) mass is 285 g/mol. The van der Waals surface area contributed by atoms with E-state index in [1.165, 1.54) is 6.92 Å². The molecule has 8 heteroatoms. The molecule has 112 valence electrons. The van der Waals surface area contributed by atoms with Crippen molar-refractivity contribution in [1.29, 1.82) is 0 Å². The predicted octanol–water partition coefficient (Wildman–Crippen LogP) is -1.39. The van der Waals surface area contributed by atoms with Crippen LogP contribution in [0, 0.1) is 5.92 Å². The van der Waals surface area contributed by atoms with Gasteiger partial charge in [-0.3, -0.25) is 14.4 Å². The summed E-state index contributed by atoms with van der Waals surface area (Å²) in [6, 6.07) is -0.915. The normalized spacial score (nSPS) is 15.1. The van der Waals surface area contributed by atoms with Crippen LogP contribution in [-0.4, -0.2) is 47.9 Å². The van der Waals surface area contributed by atoms with Crippen LogP contribution in [0.2, 0.25) is 0 Å². The lowest BCUT2D eigenvalue weighted by molar-refractivity contribution is -0.142. The van der Waals surface area contributed by atoms with Gasteiger partial charge in [-0.15, -0.1) is 0 Å². The summed E-state index contributed by atoms with van der Waals surface area (Å²) in [7, 11) is 0. The Kier molecular flexibility index (Phi) is 5.95. The molecule has 1 aliphatic rings. The van der Waals surface area contributed by atoms with Crippen molar-refractivity contribution in [3.63, 3.8) is 0 Å². The Bertz CT molecular complexity index is 406. The van der Waals surface area contributed by atoms with Crippen molar-refractivity contribution in [2.75, 3.05) is 13.1 Å². The van der Waals surface area contributed by atoms with Crippen molar-refractivity contribution < 1.29 is 24.3 Å². The second-order valence-corrected chi connectivity index (χ2v) is 4.82. The quantitative estimate of drug-likeness (QED) is 0.437. The maximum atomic E-state index is 11.5. The molecule has 1 rings (SSSR count). The number of hydrogen-bond acceptors (Lipinski definition) is 4. The summed E-state index contributed by atoms with van der Waals surface area (Å²) in [4.78, 5) is 44.3. The molecule has 0 aromatic carbocycles. The smallest absolute Gasteiger partial charge is 0.326 e. The van der Waals surface area contributed by atoms with Crippen LogP contribution >= 0.6 is 0 Å². The summed E-state index contributed by atoms with van der Waals surface area (Å²) in [6.45, 7) is 0.745. The van der Waals surface area contributed by atoms with E-state index in [0.29, 0.717) is 12.3 Å². The molecule has 1 saturated carbocycles. The van der Waals surface area contributed by atoms with Gasteiger partial charge in [-0.1, -0.05) is 12.8 Å². The average Bonchev–Trinajstić information content (AvgIpc) is 3.16. The molecule has 1 fully saturated rings. The van der Waals surface area contributed by atoms with E-state index in [-0.39, 0.29) is 19.0 Å². The minimum atomic E-state index is -1.07. The highest BCUT2D eigenvalue weighted by atomic mass is 16.4. The molecular formula is C12H19N3O5. The first-order valence-electron chi connectivity index (χ1n) is 6.41. The molecule has 1 aliphatic carbocycles. The van der Waals surface area contributed by atoms with E-state index in [4.69, 9.17) is 5.11 Å². The summed E-state index contributed by atoms with van der Waals surface area (Å²) in [5.41, 5.74) is 0. The Balaban J connectivity index is 2.24. The number of hydrogen-bond donors (Lipinski definition) is 4. The lowest BCUT2D eigenvalue weighted by atomic mass is 10.1. The molecule has 20 heavy (non-hydrogen) atoms. The van der Waals surface area contributed by atoms with Crippen LogP contribution < -0.4 is 16.0 Å². The fraction of sp³-hybridized carbons (Fsp3) is 0.667. The Morgan fingerprint density at radius 2 is 1.70 bits per heavy atom. The zero-order valence-electron chi connectivity index (χ0n) is 11.3. The first-order valence-corrected chi connectivity index (χ1v) is 6.41. The third-order valence-corrected chi connectivity index (χ3v) is 2.84. The molecule has 3 amide bonds. The zero-order valence-corrected chi connectivity index (χ0v) is 11.3. The van der Waals surface area contributed by atoms with E-state index in [1.807, 2.05) is 0 Å². The molecule has 0 heterocycles. The summed E-state index contributed by atoms with van der Waals surface area (Å²) in [5, 5.41) is 15.9. The van der Waals surface area contributed by atoms with E-state index in [9.17, 15) is 19.2 Å². The fourth-order valence-electron chi connectivity index (χ4n) is 1.60. The molecule has 0 bridgehead atoms. The van der Waals surface area contributed by atoms with E-state index in [2.05, 4.69) is 16.0 Å². The van der Waals surface area contributed by atoms with Gasteiger partial charge in [0.25, 0.3) is 0 Å². The molecule has 0 radical (unpaired) electrons.